The molecule has 0 spiro atoms. The van der Waals surface area contributed by atoms with Gasteiger partial charge in [-0.1, -0.05) is 0 Å². The number of rotatable bonds is 2. The van der Waals surface area contributed by atoms with Crippen LogP contribution in [0.1, 0.15) is 13.8 Å². The van der Waals surface area contributed by atoms with Crippen molar-refractivity contribution in [3.63, 3.8) is 0 Å². The number of hydrogen-bond acceptors (Lipinski definition) is 5. The van der Waals surface area contributed by atoms with Crippen LogP contribution in [0.25, 0.3) is 0 Å². The highest BCUT2D eigenvalue weighted by atomic mass is 79.9. The summed E-state index contributed by atoms with van der Waals surface area (Å²) in [7, 11) is -0.821. The van der Waals surface area contributed by atoms with Gasteiger partial charge in [-0.2, -0.15) is 0 Å². The van der Waals surface area contributed by atoms with E-state index in [0.29, 0.717) is 22.6 Å². The maximum atomic E-state index is 11.8. The molecule has 19 heavy (non-hydrogen) atoms. The van der Waals surface area contributed by atoms with Crippen molar-refractivity contribution in [3.05, 3.63) is 26.9 Å². The fraction of sp³-hybridized carbons (Fsp3) is 0.545. The third-order valence-corrected chi connectivity index (χ3v) is 5.80. The van der Waals surface area contributed by atoms with Gasteiger partial charge in [-0.3, -0.25) is 14.3 Å². The van der Waals surface area contributed by atoms with E-state index in [-0.39, 0.29) is 17.0 Å². The fourth-order valence-electron chi connectivity index (χ4n) is 2.08. The second kappa shape index (κ2) is 5.54. The van der Waals surface area contributed by atoms with Gasteiger partial charge in [-0.15, -0.1) is 0 Å². The van der Waals surface area contributed by atoms with E-state index < -0.39 is 15.7 Å². The summed E-state index contributed by atoms with van der Waals surface area (Å²) in [6.07, 6.45) is 1.25. The van der Waals surface area contributed by atoms with Gasteiger partial charge in [0.05, 0.1) is 14.6 Å². The van der Waals surface area contributed by atoms with Crippen molar-refractivity contribution in [1.82, 2.24) is 4.98 Å². The van der Waals surface area contributed by atoms with Gasteiger partial charge >= 0.3 is 0 Å². The first-order chi connectivity index (χ1) is 8.91. The van der Waals surface area contributed by atoms with E-state index in [1.165, 1.54) is 12.3 Å². The van der Waals surface area contributed by atoms with E-state index in [4.69, 9.17) is 0 Å². The fourth-order valence-corrected chi connectivity index (χ4v) is 3.98. The molecule has 3 atom stereocenters. The smallest absolute Gasteiger partial charge is 0.288 e. The first-order valence-electron chi connectivity index (χ1n) is 5.85. The minimum atomic E-state index is -0.821. The Hall–Kier alpha value is -1.02. The molecule has 2 heterocycles. The normalized spacial score (nSPS) is 27.3. The van der Waals surface area contributed by atoms with Crippen LogP contribution in [-0.2, 0) is 10.8 Å². The van der Waals surface area contributed by atoms with Crippen molar-refractivity contribution in [2.45, 2.75) is 25.1 Å². The van der Waals surface area contributed by atoms with Gasteiger partial charge in [0.1, 0.15) is 12.0 Å². The number of hydrogen-bond donors (Lipinski definition) is 0. The van der Waals surface area contributed by atoms with Crippen molar-refractivity contribution in [1.29, 1.82) is 0 Å². The summed E-state index contributed by atoms with van der Waals surface area (Å²) in [6.45, 7) is 4.59. The SMILES string of the molecule is CC1C(C)S(=O)CCN1c1ncc([N+](=O)[O-])cc1Br. The summed E-state index contributed by atoms with van der Waals surface area (Å²) in [5.74, 6) is 1.26. The van der Waals surface area contributed by atoms with Gasteiger partial charge in [0.15, 0.2) is 0 Å². The van der Waals surface area contributed by atoms with Crippen molar-refractivity contribution in [2.75, 3.05) is 17.2 Å². The second-order valence-electron chi connectivity index (χ2n) is 4.48. The second-order valence-corrected chi connectivity index (χ2v) is 7.25. The van der Waals surface area contributed by atoms with Crippen LogP contribution >= 0.6 is 15.9 Å². The quantitative estimate of drug-likeness (QED) is 0.604. The average molecular weight is 348 g/mol. The van der Waals surface area contributed by atoms with Crippen LogP contribution in [0.15, 0.2) is 16.7 Å². The molecule has 104 valence electrons. The van der Waals surface area contributed by atoms with E-state index in [9.17, 15) is 14.3 Å². The van der Waals surface area contributed by atoms with Gasteiger partial charge < -0.3 is 4.90 Å². The van der Waals surface area contributed by atoms with Gasteiger partial charge in [0.25, 0.3) is 5.69 Å². The highest BCUT2D eigenvalue weighted by Crippen LogP contribution is 2.31. The molecular weight excluding hydrogens is 334 g/mol. The number of halogens is 1. The maximum Gasteiger partial charge on any atom is 0.288 e. The standard InChI is InChI=1S/C11H14BrN3O3S/c1-7-8(2)19(18)4-3-14(7)11-10(12)5-9(6-13-11)15(16)17/h5-8H,3-4H2,1-2H3. The van der Waals surface area contributed by atoms with Crippen LogP contribution < -0.4 is 4.90 Å². The molecule has 0 radical (unpaired) electrons. The van der Waals surface area contributed by atoms with E-state index in [2.05, 4.69) is 20.9 Å². The molecule has 0 bridgehead atoms. The Morgan fingerprint density at radius 1 is 1.58 bits per heavy atom. The molecule has 0 amide bonds. The molecule has 0 aromatic carbocycles. The number of anilines is 1. The summed E-state index contributed by atoms with van der Waals surface area (Å²) in [4.78, 5) is 16.4. The largest absolute Gasteiger partial charge is 0.351 e. The molecule has 8 heteroatoms. The molecule has 1 aliphatic heterocycles. The van der Waals surface area contributed by atoms with Crippen LogP contribution in [-0.4, -0.2) is 37.7 Å². The van der Waals surface area contributed by atoms with Crippen molar-refractivity contribution in [2.24, 2.45) is 0 Å². The molecule has 2 rings (SSSR count). The number of nitro groups is 1. The Morgan fingerprint density at radius 3 is 2.84 bits per heavy atom. The van der Waals surface area contributed by atoms with E-state index >= 15 is 0 Å². The minimum absolute atomic E-state index is 0.0445. The lowest BCUT2D eigenvalue weighted by Crippen LogP contribution is -2.50. The van der Waals surface area contributed by atoms with Gasteiger partial charge in [-0.05, 0) is 29.8 Å². The zero-order valence-corrected chi connectivity index (χ0v) is 13.0. The summed E-state index contributed by atoms with van der Waals surface area (Å²) in [5, 5.41) is 10.7. The molecule has 3 unspecified atom stereocenters. The topological polar surface area (TPSA) is 76.3 Å². The maximum absolute atomic E-state index is 11.8. The van der Waals surface area contributed by atoms with Gasteiger partial charge in [0.2, 0.25) is 0 Å². The summed E-state index contributed by atoms with van der Waals surface area (Å²) < 4.78 is 12.4. The number of nitrogens with zero attached hydrogens (tertiary/aromatic N) is 3. The Bertz CT molecular complexity index is 540. The molecular formula is C11H14BrN3O3S. The molecule has 1 fully saturated rings. The zero-order chi connectivity index (χ0) is 14.2. The molecule has 0 saturated carbocycles. The Morgan fingerprint density at radius 2 is 2.26 bits per heavy atom. The average Bonchev–Trinajstić information content (AvgIpc) is 2.37. The first kappa shape index (κ1) is 14.4. The van der Waals surface area contributed by atoms with Crippen LogP contribution in [0.5, 0.6) is 0 Å². The van der Waals surface area contributed by atoms with Crippen molar-refractivity contribution >= 4 is 38.2 Å². The molecule has 1 aliphatic rings. The zero-order valence-electron chi connectivity index (χ0n) is 10.6. The van der Waals surface area contributed by atoms with E-state index in [1.807, 2.05) is 18.7 Å². The van der Waals surface area contributed by atoms with Crippen molar-refractivity contribution in [3.8, 4) is 0 Å². The van der Waals surface area contributed by atoms with Crippen LogP contribution in [0.4, 0.5) is 11.5 Å². The molecule has 0 N–H and O–H groups in total. The minimum Gasteiger partial charge on any atom is -0.351 e. The lowest BCUT2D eigenvalue weighted by molar-refractivity contribution is -0.385. The third kappa shape index (κ3) is 2.79. The number of pyridine rings is 1. The third-order valence-electron chi connectivity index (χ3n) is 3.41. The number of aromatic nitrogens is 1. The van der Waals surface area contributed by atoms with Gasteiger partial charge in [0, 0.05) is 35.2 Å². The highest BCUT2D eigenvalue weighted by Gasteiger charge is 2.32. The summed E-state index contributed by atoms with van der Waals surface area (Å²) in [5.41, 5.74) is -0.0445. The van der Waals surface area contributed by atoms with Crippen LogP contribution in [0.3, 0.4) is 0 Å². The van der Waals surface area contributed by atoms with Gasteiger partial charge in [-0.25, -0.2) is 4.98 Å². The van der Waals surface area contributed by atoms with Crippen LogP contribution in [0, 0.1) is 10.1 Å². The Balaban J connectivity index is 2.32. The monoisotopic (exact) mass is 347 g/mol. The Labute approximate surface area is 121 Å². The predicted octanol–water partition coefficient (Wildman–Crippen LogP) is 2.10. The summed E-state index contributed by atoms with van der Waals surface area (Å²) in [6, 6.07) is 1.53. The molecule has 1 saturated heterocycles. The lowest BCUT2D eigenvalue weighted by Gasteiger charge is -2.38. The van der Waals surface area contributed by atoms with Crippen LogP contribution in [0.2, 0.25) is 0 Å². The van der Waals surface area contributed by atoms with E-state index in [1.54, 1.807) is 0 Å². The summed E-state index contributed by atoms with van der Waals surface area (Å²) >= 11 is 3.33. The van der Waals surface area contributed by atoms with Crippen molar-refractivity contribution < 1.29 is 9.13 Å². The molecule has 1 aromatic heterocycles. The Kier molecular flexibility index (Phi) is 4.19. The first-order valence-corrected chi connectivity index (χ1v) is 8.03. The highest BCUT2D eigenvalue weighted by molar-refractivity contribution is 9.10. The van der Waals surface area contributed by atoms with E-state index in [0.717, 1.165) is 0 Å². The molecule has 0 aliphatic carbocycles. The molecule has 1 aromatic rings. The molecule has 6 nitrogen and oxygen atoms in total. The predicted molar refractivity (Wildman–Crippen MR) is 77.9 cm³/mol. The lowest BCUT2D eigenvalue weighted by atomic mass is 10.2.